The van der Waals surface area contributed by atoms with Crippen LogP contribution >= 0.6 is 23.2 Å². The van der Waals surface area contributed by atoms with Crippen LogP contribution in [0, 0.1) is 6.92 Å². The molecular formula is C11H10Cl2N2. The minimum Gasteiger partial charge on any atom is -0.326 e. The lowest BCUT2D eigenvalue weighted by atomic mass is 10.1. The number of aryl methyl sites for hydroxylation is 1. The molecule has 1 aromatic heterocycles. The van der Waals surface area contributed by atoms with Gasteiger partial charge >= 0.3 is 0 Å². The fourth-order valence-electron chi connectivity index (χ4n) is 1.60. The highest BCUT2D eigenvalue weighted by Gasteiger charge is 2.07. The number of benzene rings is 1. The van der Waals surface area contributed by atoms with E-state index in [9.17, 15) is 0 Å². The summed E-state index contributed by atoms with van der Waals surface area (Å²) in [6, 6.07) is 5.46. The summed E-state index contributed by atoms with van der Waals surface area (Å²) in [4.78, 5) is 4.43. The second kappa shape index (κ2) is 3.97. The van der Waals surface area contributed by atoms with Crippen molar-refractivity contribution < 1.29 is 0 Å². The summed E-state index contributed by atoms with van der Waals surface area (Å²) in [7, 11) is 0. The fourth-order valence-corrected chi connectivity index (χ4v) is 2.14. The molecule has 0 aliphatic heterocycles. The van der Waals surface area contributed by atoms with Crippen molar-refractivity contribution in [3.63, 3.8) is 0 Å². The second-order valence-corrected chi connectivity index (χ2v) is 4.25. The molecule has 15 heavy (non-hydrogen) atoms. The van der Waals surface area contributed by atoms with E-state index >= 15 is 0 Å². The number of halogens is 2. The predicted octanol–water partition coefficient (Wildman–Crippen LogP) is 3.31. The summed E-state index contributed by atoms with van der Waals surface area (Å²) in [5.41, 5.74) is 8.28. The Morgan fingerprint density at radius 1 is 1.27 bits per heavy atom. The van der Waals surface area contributed by atoms with Crippen LogP contribution in [-0.2, 0) is 6.54 Å². The molecule has 0 atom stereocenters. The molecular weight excluding hydrogens is 231 g/mol. The Hall–Kier alpha value is -0.830. The molecule has 0 unspecified atom stereocenters. The first kappa shape index (κ1) is 10.7. The number of hydrogen-bond donors (Lipinski definition) is 1. The molecule has 1 aromatic carbocycles. The van der Waals surface area contributed by atoms with Crippen LogP contribution < -0.4 is 5.73 Å². The van der Waals surface area contributed by atoms with E-state index in [0.29, 0.717) is 16.6 Å². The summed E-state index contributed by atoms with van der Waals surface area (Å²) >= 11 is 12.1. The highest BCUT2D eigenvalue weighted by molar-refractivity contribution is 6.36. The third kappa shape index (κ3) is 1.93. The first-order valence-corrected chi connectivity index (χ1v) is 5.32. The Bertz CT molecular complexity index is 523. The van der Waals surface area contributed by atoms with E-state index < -0.39 is 0 Å². The lowest BCUT2D eigenvalue weighted by Gasteiger charge is -2.07. The van der Waals surface area contributed by atoms with Gasteiger partial charge in [-0.2, -0.15) is 0 Å². The number of aromatic nitrogens is 1. The molecule has 0 radical (unpaired) electrons. The van der Waals surface area contributed by atoms with Crippen molar-refractivity contribution in [2.45, 2.75) is 13.5 Å². The van der Waals surface area contributed by atoms with Gasteiger partial charge in [-0.1, -0.05) is 23.2 Å². The van der Waals surface area contributed by atoms with Crippen molar-refractivity contribution >= 4 is 34.1 Å². The molecule has 0 aliphatic rings. The van der Waals surface area contributed by atoms with E-state index in [1.165, 1.54) is 0 Å². The number of nitrogens with two attached hydrogens (primary N) is 1. The number of rotatable bonds is 1. The SMILES string of the molecule is Cc1cc(Cl)c2cc(Cl)cc(CN)c2n1. The molecule has 0 saturated heterocycles. The molecule has 78 valence electrons. The van der Waals surface area contributed by atoms with Gasteiger partial charge in [-0.15, -0.1) is 0 Å². The largest absolute Gasteiger partial charge is 0.326 e. The first-order chi connectivity index (χ1) is 7.11. The van der Waals surface area contributed by atoms with Gasteiger partial charge in [0.05, 0.1) is 10.5 Å². The van der Waals surface area contributed by atoms with Gasteiger partial charge in [0.1, 0.15) is 0 Å². The van der Waals surface area contributed by atoms with Crippen molar-refractivity contribution in [1.82, 2.24) is 4.98 Å². The number of fused-ring (bicyclic) bond motifs is 1. The number of hydrogen-bond acceptors (Lipinski definition) is 2. The zero-order valence-corrected chi connectivity index (χ0v) is 9.73. The molecule has 4 heteroatoms. The van der Waals surface area contributed by atoms with Gasteiger partial charge in [0, 0.05) is 22.6 Å². The van der Waals surface area contributed by atoms with Gasteiger partial charge in [0.25, 0.3) is 0 Å². The van der Waals surface area contributed by atoms with E-state index in [2.05, 4.69) is 4.98 Å². The minimum atomic E-state index is 0.407. The van der Waals surface area contributed by atoms with Crippen molar-refractivity contribution in [3.05, 3.63) is 39.5 Å². The lowest BCUT2D eigenvalue weighted by Crippen LogP contribution is -1.99. The van der Waals surface area contributed by atoms with Crippen molar-refractivity contribution in [1.29, 1.82) is 0 Å². The maximum Gasteiger partial charge on any atom is 0.0766 e. The van der Waals surface area contributed by atoms with Crippen LogP contribution in [0.4, 0.5) is 0 Å². The van der Waals surface area contributed by atoms with E-state index in [-0.39, 0.29) is 0 Å². The van der Waals surface area contributed by atoms with Gasteiger partial charge in [0.2, 0.25) is 0 Å². The van der Waals surface area contributed by atoms with Crippen LogP contribution in [-0.4, -0.2) is 4.98 Å². The molecule has 0 spiro atoms. The maximum atomic E-state index is 6.12. The highest BCUT2D eigenvalue weighted by Crippen LogP contribution is 2.28. The van der Waals surface area contributed by atoms with Crippen molar-refractivity contribution in [2.75, 3.05) is 0 Å². The van der Waals surface area contributed by atoms with E-state index in [1.54, 1.807) is 0 Å². The minimum absolute atomic E-state index is 0.407. The normalized spacial score (nSPS) is 10.9. The quantitative estimate of drug-likeness (QED) is 0.831. The average Bonchev–Trinajstić information content (AvgIpc) is 2.18. The summed E-state index contributed by atoms with van der Waals surface area (Å²) in [6.45, 7) is 2.31. The molecule has 2 rings (SSSR count). The van der Waals surface area contributed by atoms with Crippen LogP contribution in [0.1, 0.15) is 11.3 Å². The molecule has 0 saturated carbocycles. The number of nitrogens with zero attached hydrogens (tertiary/aromatic N) is 1. The topological polar surface area (TPSA) is 38.9 Å². The van der Waals surface area contributed by atoms with Gasteiger partial charge in [0.15, 0.2) is 0 Å². The van der Waals surface area contributed by atoms with E-state index in [4.69, 9.17) is 28.9 Å². The van der Waals surface area contributed by atoms with Gasteiger partial charge in [-0.25, -0.2) is 0 Å². The monoisotopic (exact) mass is 240 g/mol. The van der Waals surface area contributed by atoms with Crippen LogP contribution in [0.5, 0.6) is 0 Å². The Morgan fingerprint density at radius 3 is 2.67 bits per heavy atom. The molecule has 0 bridgehead atoms. The zero-order valence-electron chi connectivity index (χ0n) is 8.22. The molecule has 0 fully saturated rings. The maximum absolute atomic E-state index is 6.12. The summed E-state index contributed by atoms with van der Waals surface area (Å²) in [5, 5.41) is 2.15. The van der Waals surface area contributed by atoms with Gasteiger partial charge in [-0.3, -0.25) is 4.98 Å². The molecule has 0 aliphatic carbocycles. The second-order valence-electron chi connectivity index (χ2n) is 3.41. The molecule has 2 aromatic rings. The molecule has 2 N–H and O–H groups in total. The lowest BCUT2D eigenvalue weighted by molar-refractivity contribution is 1.07. The summed E-state index contributed by atoms with van der Waals surface area (Å²) in [5.74, 6) is 0. The zero-order chi connectivity index (χ0) is 11.0. The van der Waals surface area contributed by atoms with Crippen molar-refractivity contribution in [2.24, 2.45) is 5.73 Å². The predicted molar refractivity (Wildman–Crippen MR) is 64.4 cm³/mol. The van der Waals surface area contributed by atoms with Gasteiger partial charge in [-0.05, 0) is 30.7 Å². The van der Waals surface area contributed by atoms with Crippen LogP contribution in [0.15, 0.2) is 18.2 Å². The Labute approximate surface area is 98.0 Å². The number of pyridine rings is 1. The fraction of sp³-hybridized carbons (Fsp3) is 0.182. The third-order valence-corrected chi connectivity index (χ3v) is 2.79. The Kier molecular flexibility index (Phi) is 2.83. The van der Waals surface area contributed by atoms with Crippen LogP contribution in [0.25, 0.3) is 10.9 Å². The first-order valence-electron chi connectivity index (χ1n) is 4.57. The molecule has 1 heterocycles. The third-order valence-electron chi connectivity index (χ3n) is 2.25. The summed E-state index contributed by atoms with van der Waals surface area (Å²) in [6.07, 6.45) is 0. The highest BCUT2D eigenvalue weighted by atomic mass is 35.5. The Balaban J connectivity index is 2.89. The van der Waals surface area contributed by atoms with Crippen LogP contribution in [0.2, 0.25) is 10.0 Å². The average molecular weight is 241 g/mol. The van der Waals surface area contributed by atoms with Crippen molar-refractivity contribution in [3.8, 4) is 0 Å². The molecule has 0 amide bonds. The standard InChI is InChI=1S/C11H10Cl2N2/c1-6-2-10(13)9-4-8(12)3-7(5-14)11(9)15-6/h2-4H,5,14H2,1H3. The Morgan fingerprint density at radius 2 is 2.00 bits per heavy atom. The smallest absolute Gasteiger partial charge is 0.0766 e. The van der Waals surface area contributed by atoms with Crippen LogP contribution in [0.3, 0.4) is 0 Å². The van der Waals surface area contributed by atoms with Gasteiger partial charge < -0.3 is 5.73 Å². The van der Waals surface area contributed by atoms with E-state index in [0.717, 1.165) is 22.2 Å². The summed E-state index contributed by atoms with van der Waals surface area (Å²) < 4.78 is 0. The van der Waals surface area contributed by atoms with E-state index in [1.807, 2.05) is 25.1 Å². The molecule has 2 nitrogen and oxygen atoms in total.